The normalized spacial score (nSPS) is 13.8. The first-order valence-corrected chi connectivity index (χ1v) is 32.1. The average Bonchev–Trinajstić information content (AvgIpc) is 3.17. The first-order valence-electron chi connectivity index (χ1n) is 21.7. The molecule has 9 heteroatoms. The molecule has 4 N–H and O–H groups in total. The molecule has 4 aromatic rings. The van der Waals surface area contributed by atoms with E-state index in [-0.39, 0.29) is 44.3 Å². The van der Waals surface area contributed by atoms with Gasteiger partial charge in [-0.15, -0.1) is 0 Å². The fourth-order valence-electron chi connectivity index (χ4n) is 10.3. The monoisotopic (exact) mass is 856 g/mol. The number of hydrogen-bond acceptors (Lipinski definition) is 4. The van der Waals surface area contributed by atoms with Gasteiger partial charge in [-0.3, -0.25) is 0 Å². The van der Waals surface area contributed by atoms with Crippen LogP contribution in [0.25, 0.3) is 0 Å². The molecular weight excluding hydrogens is 781 g/mol. The van der Waals surface area contributed by atoms with Crippen molar-refractivity contribution in [2.45, 2.75) is 155 Å². The Bertz CT molecular complexity index is 1580. The van der Waals surface area contributed by atoms with E-state index in [1.165, 1.54) is 20.7 Å². The van der Waals surface area contributed by atoms with E-state index in [1.54, 1.807) is 0 Å². The summed E-state index contributed by atoms with van der Waals surface area (Å²) in [6, 6.07) is 35.9. The summed E-state index contributed by atoms with van der Waals surface area (Å²) in [6.07, 6.45) is 0. The number of benzene rings is 4. The minimum Gasteiger partial charge on any atom is -0.427 e. The topological polar surface area (TPSA) is 80.9 Å². The van der Waals surface area contributed by atoms with Gasteiger partial charge >= 0.3 is 0 Å². The summed E-state index contributed by atoms with van der Waals surface area (Å²) >= 11 is 0. The zero-order valence-electron chi connectivity index (χ0n) is 38.1. The molecule has 312 valence electrons. The van der Waals surface area contributed by atoms with Gasteiger partial charge in [-0.05, 0) is 85.8 Å². The second kappa shape index (κ2) is 17.8. The Labute approximate surface area is 352 Å². The minimum absolute atomic E-state index is 0.164. The van der Waals surface area contributed by atoms with E-state index in [2.05, 4.69) is 208 Å². The van der Waals surface area contributed by atoms with Crippen LogP contribution in [0.1, 0.15) is 111 Å². The predicted octanol–water partition coefficient (Wildman–Crippen LogP) is 6.92. The molecule has 4 aromatic carbocycles. The zero-order valence-corrected chi connectivity index (χ0v) is 43.1. The molecule has 0 saturated carbocycles. The van der Waals surface area contributed by atoms with E-state index < -0.39 is 41.3 Å². The third-order valence-electron chi connectivity index (χ3n) is 14.2. The number of hydrogen-bond donors (Lipinski definition) is 4. The van der Waals surface area contributed by atoms with Gasteiger partial charge in [0, 0.05) is 0 Å². The van der Waals surface area contributed by atoms with Crippen molar-refractivity contribution < 1.29 is 19.2 Å². The first kappa shape index (κ1) is 47.5. The van der Waals surface area contributed by atoms with E-state index in [9.17, 15) is 19.2 Å². The summed E-state index contributed by atoms with van der Waals surface area (Å²) in [5.41, 5.74) is 1.31. The third kappa shape index (κ3) is 8.07. The second-order valence-corrected chi connectivity index (χ2v) is 41.6. The summed E-state index contributed by atoms with van der Waals surface area (Å²) in [5, 5.41) is 9.07. The van der Waals surface area contributed by atoms with Crippen molar-refractivity contribution in [2.75, 3.05) is 0 Å². The van der Waals surface area contributed by atoms with Gasteiger partial charge in [0.1, 0.15) is 0 Å². The Balaban J connectivity index is 2.18. The van der Waals surface area contributed by atoms with Crippen LogP contribution in [0.3, 0.4) is 0 Å². The lowest BCUT2D eigenvalue weighted by atomic mass is 10.3. The summed E-state index contributed by atoms with van der Waals surface area (Å²) in [7, 11) is -14.3. The van der Waals surface area contributed by atoms with Gasteiger partial charge in [-0.2, -0.15) is 0 Å². The maximum absolute atomic E-state index is 12.3. The molecule has 0 spiro atoms. The van der Waals surface area contributed by atoms with Crippen LogP contribution >= 0.6 is 0 Å². The van der Waals surface area contributed by atoms with Crippen LogP contribution in [-0.4, -0.2) is 60.5 Å². The van der Waals surface area contributed by atoms with Crippen molar-refractivity contribution in [3.63, 3.8) is 0 Å². The molecule has 0 aliphatic heterocycles. The molecule has 0 unspecified atom stereocenters. The molecule has 0 atom stereocenters. The average molecular weight is 858 g/mol. The van der Waals surface area contributed by atoms with Crippen molar-refractivity contribution in [3.8, 4) is 0 Å². The highest BCUT2D eigenvalue weighted by Crippen LogP contribution is 2.32. The van der Waals surface area contributed by atoms with Gasteiger partial charge in [-0.1, -0.05) is 208 Å². The highest BCUT2D eigenvalue weighted by atomic mass is 28.4. The van der Waals surface area contributed by atoms with Gasteiger partial charge in [0.15, 0.2) is 8.07 Å². The van der Waals surface area contributed by atoms with Crippen LogP contribution in [-0.2, 0) is 0 Å². The van der Waals surface area contributed by atoms with E-state index in [1.807, 2.05) is 0 Å². The molecule has 0 heterocycles. The quantitative estimate of drug-likeness (QED) is 0.0730. The van der Waals surface area contributed by atoms with Gasteiger partial charge < -0.3 is 19.2 Å². The largest absolute Gasteiger partial charge is 0.427 e. The Hall–Kier alpha value is -2.20. The SMILES string of the molecule is CC(C)[Si](O)(c1ccc([Si](c2ccc([Si](O)(C(C)C)C(C)C)cc2)(c2ccc([Si](O)(C(C)C)C(C)C)cc2)c2ccc([Si](O)(C(C)C)C(C)C)cc2)cc1)C(C)C. The second-order valence-electron chi connectivity index (χ2n) is 19.6. The van der Waals surface area contributed by atoms with Crippen molar-refractivity contribution in [1.29, 1.82) is 0 Å². The van der Waals surface area contributed by atoms with Gasteiger partial charge in [-0.25, -0.2) is 0 Å². The minimum atomic E-state index is -3.11. The van der Waals surface area contributed by atoms with Crippen LogP contribution in [0.2, 0.25) is 44.3 Å². The van der Waals surface area contributed by atoms with Crippen LogP contribution in [0.4, 0.5) is 0 Å². The van der Waals surface area contributed by atoms with Crippen molar-refractivity contribution >= 4 is 82.8 Å². The van der Waals surface area contributed by atoms with Crippen molar-refractivity contribution in [1.82, 2.24) is 0 Å². The molecule has 0 aliphatic carbocycles. The van der Waals surface area contributed by atoms with E-state index >= 15 is 0 Å². The summed E-state index contributed by atoms with van der Waals surface area (Å²) in [5.74, 6) is 0. The van der Waals surface area contributed by atoms with E-state index in [0.29, 0.717) is 0 Å². The fraction of sp³-hybridized carbons (Fsp3) is 0.500. The highest BCUT2D eigenvalue weighted by Gasteiger charge is 2.47. The van der Waals surface area contributed by atoms with Crippen LogP contribution in [0.5, 0.6) is 0 Å². The molecule has 0 radical (unpaired) electrons. The molecule has 0 aromatic heterocycles. The molecule has 57 heavy (non-hydrogen) atoms. The van der Waals surface area contributed by atoms with Gasteiger partial charge in [0.2, 0.25) is 33.3 Å². The summed E-state index contributed by atoms with van der Waals surface area (Å²) in [4.78, 5) is 49.0. The molecule has 0 aliphatic rings. The molecule has 0 bridgehead atoms. The molecular formula is C48H76O4Si5. The Morgan fingerprint density at radius 3 is 0.439 bits per heavy atom. The maximum Gasteiger partial charge on any atom is 0.225 e. The van der Waals surface area contributed by atoms with Crippen molar-refractivity contribution in [3.05, 3.63) is 97.1 Å². The maximum atomic E-state index is 12.3. The zero-order chi connectivity index (χ0) is 43.1. The summed E-state index contributed by atoms with van der Waals surface area (Å²) in [6.45, 7) is 34.4. The Kier molecular flexibility index (Phi) is 14.8. The number of rotatable bonds is 16. The van der Waals surface area contributed by atoms with Crippen LogP contribution in [0.15, 0.2) is 97.1 Å². The lowest BCUT2D eigenvalue weighted by Crippen LogP contribution is -2.75. The van der Waals surface area contributed by atoms with Gasteiger partial charge in [0.05, 0.1) is 0 Å². The van der Waals surface area contributed by atoms with E-state index in [0.717, 1.165) is 20.7 Å². The van der Waals surface area contributed by atoms with Gasteiger partial charge in [0.25, 0.3) is 0 Å². The molecule has 4 nitrogen and oxygen atoms in total. The lowest BCUT2D eigenvalue weighted by Gasteiger charge is -2.39. The molecule has 0 fully saturated rings. The first-order chi connectivity index (χ1) is 26.4. The molecule has 0 saturated heterocycles. The smallest absolute Gasteiger partial charge is 0.225 e. The van der Waals surface area contributed by atoms with E-state index in [4.69, 9.17) is 0 Å². The molecule has 0 amide bonds. The third-order valence-corrected chi connectivity index (χ3v) is 38.1. The highest BCUT2D eigenvalue weighted by molar-refractivity contribution is 7.20. The summed E-state index contributed by atoms with van der Waals surface area (Å²) < 4.78 is 0. The molecule has 4 rings (SSSR count). The fourth-order valence-corrected chi connectivity index (χ4v) is 28.4. The van der Waals surface area contributed by atoms with Crippen LogP contribution < -0.4 is 41.5 Å². The Morgan fingerprint density at radius 1 is 0.228 bits per heavy atom. The lowest BCUT2D eigenvalue weighted by molar-refractivity contribution is 0.512. The predicted molar refractivity (Wildman–Crippen MR) is 261 cm³/mol. The Morgan fingerprint density at radius 2 is 0.333 bits per heavy atom. The van der Waals surface area contributed by atoms with Crippen molar-refractivity contribution in [2.24, 2.45) is 0 Å². The van der Waals surface area contributed by atoms with Crippen LogP contribution in [0, 0.1) is 0 Å². The standard InChI is InChI=1S/C48H76O4Si5/c1-33(2)54(49,34(3)4)45-25-17-41(18-26-45)53(42-19-27-46(28-20-42)55(50,35(5)6)36(7)8,43-21-29-47(30-22-43)56(51,37(9)10)38(11)12)44-23-31-48(32-24-44)57(52,39(13)14)40(15)16/h17-40,49-52H,1-16H3.